The number of hydrogen-bond donors (Lipinski definition) is 1. The van der Waals surface area contributed by atoms with Crippen LogP contribution >= 0.6 is 0 Å². The smallest absolute Gasteiger partial charge is 0.312 e. The third-order valence-corrected chi connectivity index (χ3v) is 2.25. The molecule has 3 nitrogen and oxygen atoms in total. The SMILES string of the molecule is CNc1ccc(C(C)C(=O)OC)cc1. The topological polar surface area (TPSA) is 38.3 Å². The summed E-state index contributed by atoms with van der Waals surface area (Å²) in [6.07, 6.45) is 0. The highest BCUT2D eigenvalue weighted by atomic mass is 16.5. The first kappa shape index (κ1) is 10.6. The van der Waals surface area contributed by atoms with Crippen LogP contribution in [0.2, 0.25) is 0 Å². The molecule has 0 saturated carbocycles. The van der Waals surface area contributed by atoms with Gasteiger partial charge in [0.25, 0.3) is 0 Å². The molecule has 0 spiro atoms. The third-order valence-electron chi connectivity index (χ3n) is 2.25. The fourth-order valence-corrected chi connectivity index (χ4v) is 1.25. The Bertz CT molecular complexity index is 306. The lowest BCUT2D eigenvalue weighted by Crippen LogP contribution is -2.10. The molecule has 0 aliphatic heterocycles. The molecule has 0 aliphatic carbocycles. The highest BCUT2D eigenvalue weighted by Crippen LogP contribution is 2.18. The summed E-state index contributed by atoms with van der Waals surface area (Å²) in [6, 6.07) is 7.73. The number of hydrogen-bond acceptors (Lipinski definition) is 3. The minimum atomic E-state index is -0.206. The second-order valence-corrected chi connectivity index (χ2v) is 3.12. The fraction of sp³-hybridized carbons (Fsp3) is 0.364. The maximum Gasteiger partial charge on any atom is 0.312 e. The third kappa shape index (κ3) is 2.25. The number of ether oxygens (including phenoxy) is 1. The van der Waals surface area contributed by atoms with Gasteiger partial charge in [-0.25, -0.2) is 0 Å². The molecule has 1 aromatic carbocycles. The zero-order valence-electron chi connectivity index (χ0n) is 8.70. The van der Waals surface area contributed by atoms with Crippen molar-refractivity contribution in [1.29, 1.82) is 0 Å². The van der Waals surface area contributed by atoms with E-state index in [0.29, 0.717) is 0 Å². The van der Waals surface area contributed by atoms with Crippen molar-refractivity contribution in [3.63, 3.8) is 0 Å². The molecule has 0 bridgehead atoms. The van der Waals surface area contributed by atoms with Gasteiger partial charge in [-0.3, -0.25) is 4.79 Å². The lowest BCUT2D eigenvalue weighted by molar-refractivity contribution is -0.141. The minimum Gasteiger partial charge on any atom is -0.469 e. The summed E-state index contributed by atoms with van der Waals surface area (Å²) in [5.41, 5.74) is 2.00. The van der Waals surface area contributed by atoms with E-state index in [4.69, 9.17) is 0 Å². The molecule has 1 atom stereocenters. The maximum atomic E-state index is 11.2. The van der Waals surface area contributed by atoms with Crippen LogP contribution in [-0.2, 0) is 9.53 Å². The van der Waals surface area contributed by atoms with Gasteiger partial charge in [-0.1, -0.05) is 12.1 Å². The molecular weight excluding hydrogens is 178 g/mol. The van der Waals surface area contributed by atoms with E-state index in [-0.39, 0.29) is 11.9 Å². The fourth-order valence-electron chi connectivity index (χ4n) is 1.25. The van der Waals surface area contributed by atoms with Crippen LogP contribution in [0.5, 0.6) is 0 Å². The van der Waals surface area contributed by atoms with Crippen molar-refractivity contribution >= 4 is 11.7 Å². The van der Waals surface area contributed by atoms with Crippen molar-refractivity contribution in [3.05, 3.63) is 29.8 Å². The largest absolute Gasteiger partial charge is 0.469 e. The first-order chi connectivity index (χ1) is 6.69. The summed E-state index contributed by atoms with van der Waals surface area (Å²) in [5.74, 6) is -0.409. The lowest BCUT2D eigenvalue weighted by atomic mass is 10.0. The van der Waals surface area contributed by atoms with Gasteiger partial charge in [0.15, 0.2) is 0 Å². The normalized spacial score (nSPS) is 11.9. The number of esters is 1. The summed E-state index contributed by atoms with van der Waals surface area (Å²) in [4.78, 5) is 11.2. The van der Waals surface area contributed by atoms with E-state index in [1.54, 1.807) is 0 Å². The molecule has 3 heteroatoms. The molecule has 0 radical (unpaired) electrons. The zero-order chi connectivity index (χ0) is 10.6. The molecule has 1 unspecified atom stereocenters. The standard InChI is InChI=1S/C11H15NO2/c1-8(11(13)14-3)9-4-6-10(12-2)7-5-9/h4-8,12H,1-3H3. The Kier molecular flexibility index (Phi) is 3.51. The molecule has 0 aromatic heterocycles. The first-order valence-electron chi connectivity index (χ1n) is 4.54. The molecule has 1 aromatic rings. The predicted molar refractivity (Wildman–Crippen MR) is 56.4 cm³/mol. The van der Waals surface area contributed by atoms with E-state index in [0.717, 1.165) is 11.3 Å². The van der Waals surface area contributed by atoms with Crippen molar-refractivity contribution in [3.8, 4) is 0 Å². The Morgan fingerprint density at radius 1 is 1.36 bits per heavy atom. The summed E-state index contributed by atoms with van der Waals surface area (Å²) in [6.45, 7) is 1.83. The summed E-state index contributed by atoms with van der Waals surface area (Å²) < 4.78 is 4.67. The van der Waals surface area contributed by atoms with Gasteiger partial charge < -0.3 is 10.1 Å². The molecule has 0 amide bonds. The van der Waals surface area contributed by atoms with E-state index in [9.17, 15) is 4.79 Å². The number of carbonyl (C=O) groups excluding carboxylic acids is 1. The van der Waals surface area contributed by atoms with Crippen LogP contribution in [0.25, 0.3) is 0 Å². The zero-order valence-corrected chi connectivity index (χ0v) is 8.70. The monoisotopic (exact) mass is 193 g/mol. The van der Waals surface area contributed by atoms with Crippen molar-refractivity contribution < 1.29 is 9.53 Å². The summed E-state index contributed by atoms with van der Waals surface area (Å²) in [7, 11) is 3.26. The number of benzene rings is 1. The Hall–Kier alpha value is -1.51. The van der Waals surface area contributed by atoms with Gasteiger partial charge >= 0.3 is 5.97 Å². The Morgan fingerprint density at radius 2 is 1.93 bits per heavy atom. The highest BCUT2D eigenvalue weighted by molar-refractivity contribution is 5.77. The Morgan fingerprint density at radius 3 is 2.36 bits per heavy atom. The van der Waals surface area contributed by atoms with Crippen LogP contribution in [0.1, 0.15) is 18.4 Å². The number of carbonyl (C=O) groups is 1. The summed E-state index contributed by atoms with van der Waals surface area (Å²) >= 11 is 0. The second-order valence-electron chi connectivity index (χ2n) is 3.12. The quantitative estimate of drug-likeness (QED) is 0.746. The molecule has 1 N–H and O–H groups in total. The molecular formula is C11H15NO2. The predicted octanol–water partition coefficient (Wildman–Crippen LogP) is 2.00. The van der Waals surface area contributed by atoms with Crippen LogP contribution in [0.15, 0.2) is 24.3 Å². The number of methoxy groups -OCH3 is 1. The first-order valence-corrected chi connectivity index (χ1v) is 4.54. The lowest BCUT2D eigenvalue weighted by Gasteiger charge is -2.09. The van der Waals surface area contributed by atoms with Crippen molar-refractivity contribution in [2.75, 3.05) is 19.5 Å². The molecule has 76 valence electrons. The van der Waals surface area contributed by atoms with Gasteiger partial charge in [0.1, 0.15) is 0 Å². The van der Waals surface area contributed by atoms with Gasteiger partial charge in [-0.2, -0.15) is 0 Å². The molecule has 0 heterocycles. The van der Waals surface area contributed by atoms with Crippen LogP contribution in [-0.4, -0.2) is 20.1 Å². The Balaban J connectivity index is 2.81. The number of rotatable bonds is 3. The van der Waals surface area contributed by atoms with Gasteiger partial charge in [0.05, 0.1) is 13.0 Å². The molecule has 0 saturated heterocycles. The average Bonchev–Trinajstić information content (AvgIpc) is 2.27. The van der Waals surface area contributed by atoms with Crippen molar-refractivity contribution in [2.45, 2.75) is 12.8 Å². The van der Waals surface area contributed by atoms with Gasteiger partial charge in [-0.05, 0) is 24.6 Å². The number of anilines is 1. The van der Waals surface area contributed by atoms with Crippen LogP contribution in [0.4, 0.5) is 5.69 Å². The van der Waals surface area contributed by atoms with E-state index in [2.05, 4.69) is 10.1 Å². The Labute approximate surface area is 84.1 Å². The minimum absolute atomic E-state index is 0.203. The number of nitrogens with one attached hydrogen (secondary N) is 1. The van der Waals surface area contributed by atoms with Crippen LogP contribution < -0.4 is 5.32 Å². The van der Waals surface area contributed by atoms with E-state index in [1.807, 2.05) is 38.2 Å². The van der Waals surface area contributed by atoms with Gasteiger partial charge in [0, 0.05) is 12.7 Å². The van der Waals surface area contributed by atoms with E-state index in [1.165, 1.54) is 7.11 Å². The van der Waals surface area contributed by atoms with E-state index < -0.39 is 0 Å². The van der Waals surface area contributed by atoms with Crippen molar-refractivity contribution in [1.82, 2.24) is 0 Å². The van der Waals surface area contributed by atoms with Gasteiger partial charge in [0.2, 0.25) is 0 Å². The van der Waals surface area contributed by atoms with Gasteiger partial charge in [-0.15, -0.1) is 0 Å². The average molecular weight is 193 g/mol. The van der Waals surface area contributed by atoms with Crippen molar-refractivity contribution in [2.24, 2.45) is 0 Å². The molecule has 1 rings (SSSR count). The molecule has 0 fully saturated rings. The van der Waals surface area contributed by atoms with Crippen LogP contribution in [0.3, 0.4) is 0 Å². The van der Waals surface area contributed by atoms with Crippen LogP contribution in [0, 0.1) is 0 Å². The molecule has 14 heavy (non-hydrogen) atoms. The van der Waals surface area contributed by atoms with E-state index >= 15 is 0 Å². The maximum absolute atomic E-state index is 11.2. The summed E-state index contributed by atoms with van der Waals surface area (Å²) in [5, 5.41) is 3.02. The second kappa shape index (κ2) is 4.65. The highest BCUT2D eigenvalue weighted by Gasteiger charge is 2.14. The molecule has 0 aliphatic rings.